The Labute approximate surface area is 159 Å². The second-order valence-electron chi connectivity index (χ2n) is 7.40. The summed E-state index contributed by atoms with van der Waals surface area (Å²) in [5.41, 5.74) is 1.25. The molecule has 2 N–H and O–H groups in total. The predicted molar refractivity (Wildman–Crippen MR) is 110 cm³/mol. The first kappa shape index (κ1) is 20.6. The summed E-state index contributed by atoms with van der Waals surface area (Å²) in [6.07, 6.45) is 2.56. The average Bonchev–Trinajstić information content (AvgIpc) is 2.64. The molecule has 26 heavy (non-hydrogen) atoms. The molecule has 1 aromatic carbocycles. The van der Waals surface area contributed by atoms with Gasteiger partial charge < -0.3 is 20.3 Å². The number of aryl methyl sites for hydroxylation is 1. The molecular weight excluding hydrogens is 324 g/mol. The van der Waals surface area contributed by atoms with Gasteiger partial charge in [-0.3, -0.25) is 4.99 Å². The number of nitrogens with zero attached hydrogens (tertiary/aromatic N) is 2. The van der Waals surface area contributed by atoms with Gasteiger partial charge in [-0.25, -0.2) is 0 Å². The molecule has 2 rings (SSSR count). The van der Waals surface area contributed by atoms with E-state index in [9.17, 15) is 0 Å². The highest BCUT2D eigenvalue weighted by molar-refractivity contribution is 5.79. The largest absolute Gasteiger partial charge is 0.492 e. The molecule has 0 spiro atoms. The Morgan fingerprint density at radius 2 is 2.04 bits per heavy atom. The monoisotopic (exact) mass is 360 g/mol. The van der Waals surface area contributed by atoms with Crippen LogP contribution < -0.4 is 15.4 Å². The normalized spacial score (nSPS) is 18.8. The number of aliphatic imine (C=N–C) groups is 1. The fourth-order valence-corrected chi connectivity index (χ4v) is 3.25. The van der Waals surface area contributed by atoms with Gasteiger partial charge in [0.2, 0.25) is 0 Å². The fraction of sp³-hybridized carbons (Fsp3) is 0.667. The molecule has 1 aromatic rings. The highest BCUT2D eigenvalue weighted by atomic mass is 16.5. The van der Waals surface area contributed by atoms with Crippen LogP contribution in [0.3, 0.4) is 0 Å². The number of hydrogen-bond donors (Lipinski definition) is 2. The Hall–Kier alpha value is -1.75. The van der Waals surface area contributed by atoms with E-state index >= 15 is 0 Å². The molecule has 1 aliphatic rings. The molecule has 0 bridgehead atoms. The summed E-state index contributed by atoms with van der Waals surface area (Å²) in [7, 11) is 0. The second-order valence-corrected chi connectivity index (χ2v) is 7.40. The number of nitrogens with one attached hydrogen (secondary N) is 2. The van der Waals surface area contributed by atoms with E-state index in [0.29, 0.717) is 18.6 Å². The van der Waals surface area contributed by atoms with Crippen LogP contribution in [0.5, 0.6) is 5.75 Å². The van der Waals surface area contributed by atoms with Crippen LogP contribution in [-0.4, -0.2) is 56.2 Å². The van der Waals surface area contributed by atoms with Crippen LogP contribution in [0, 0.1) is 12.8 Å². The van der Waals surface area contributed by atoms with E-state index in [0.717, 1.165) is 37.9 Å². The minimum absolute atomic E-state index is 0.623. The summed E-state index contributed by atoms with van der Waals surface area (Å²) in [6.45, 7) is 14.3. The van der Waals surface area contributed by atoms with Crippen LogP contribution >= 0.6 is 0 Å². The van der Waals surface area contributed by atoms with Crippen molar-refractivity contribution in [3.8, 4) is 5.75 Å². The molecule has 0 radical (unpaired) electrons. The first-order chi connectivity index (χ1) is 12.6. The third kappa shape index (κ3) is 7.24. The third-order valence-corrected chi connectivity index (χ3v) is 4.82. The van der Waals surface area contributed by atoms with Gasteiger partial charge in [0.1, 0.15) is 12.4 Å². The Kier molecular flexibility index (Phi) is 8.75. The van der Waals surface area contributed by atoms with Crippen LogP contribution in [0.25, 0.3) is 0 Å². The van der Waals surface area contributed by atoms with Crippen LogP contribution in [0.4, 0.5) is 0 Å². The van der Waals surface area contributed by atoms with Crippen molar-refractivity contribution in [1.82, 2.24) is 15.5 Å². The number of benzene rings is 1. The summed E-state index contributed by atoms with van der Waals surface area (Å²) >= 11 is 0. The van der Waals surface area contributed by atoms with Crippen molar-refractivity contribution in [3.05, 3.63) is 29.8 Å². The lowest BCUT2D eigenvalue weighted by molar-refractivity contribution is 0.143. The van der Waals surface area contributed by atoms with Crippen molar-refractivity contribution in [2.75, 3.05) is 39.3 Å². The zero-order chi connectivity index (χ0) is 18.8. The Balaban J connectivity index is 1.74. The second kappa shape index (κ2) is 11.1. The number of ether oxygens (including phenoxy) is 1. The van der Waals surface area contributed by atoms with E-state index in [2.05, 4.69) is 55.4 Å². The molecule has 1 saturated heterocycles. The zero-order valence-corrected chi connectivity index (χ0v) is 16.9. The molecule has 1 unspecified atom stereocenters. The van der Waals surface area contributed by atoms with Crippen molar-refractivity contribution in [1.29, 1.82) is 0 Å². The van der Waals surface area contributed by atoms with Gasteiger partial charge in [0.15, 0.2) is 5.96 Å². The molecule has 5 heteroatoms. The number of hydrogen-bond acceptors (Lipinski definition) is 3. The third-order valence-electron chi connectivity index (χ3n) is 4.82. The van der Waals surface area contributed by atoms with Crippen LogP contribution in [0.2, 0.25) is 0 Å². The topological polar surface area (TPSA) is 48.9 Å². The maximum absolute atomic E-state index is 5.77. The first-order valence-corrected chi connectivity index (χ1v) is 10.0. The Morgan fingerprint density at radius 1 is 1.27 bits per heavy atom. The maximum atomic E-state index is 5.77. The number of likely N-dealkylation sites (tertiary alicyclic amines) is 1. The fourth-order valence-electron chi connectivity index (χ4n) is 3.25. The summed E-state index contributed by atoms with van der Waals surface area (Å²) in [4.78, 5) is 7.37. The van der Waals surface area contributed by atoms with Gasteiger partial charge in [-0.05, 0) is 65.1 Å². The minimum Gasteiger partial charge on any atom is -0.492 e. The Bertz CT molecular complexity index is 541. The quantitative estimate of drug-likeness (QED) is 0.425. The summed E-state index contributed by atoms with van der Waals surface area (Å²) in [5, 5.41) is 6.71. The van der Waals surface area contributed by atoms with Gasteiger partial charge in [-0.15, -0.1) is 0 Å². The molecule has 0 aromatic heterocycles. The molecule has 146 valence electrons. The predicted octanol–water partition coefficient (Wildman–Crippen LogP) is 3.05. The lowest BCUT2D eigenvalue weighted by Crippen LogP contribution is -2.42. The summed E-state index contributed by atoms with van der Waals surface area (Å²) in [5.74, 6) is 2.46. The molecule has 1 heterocycles. The molecular formula is C21H36N4O. The molecule has 0 amide bonds. The summed E-state index contributed by atoms with van der Waals surface area (Å²) in [6, 6.07) is 8.79. The van der Waals surface area contributed by atoms with Crippen LogP contribution in [0.15, 0.2) is 29.3 Å². The Morgan fingerprint density at radius 3 is 2.73 bits per heavy atom. The molecule has 1 aliphatic heterocycles. The van der Waals surface area contributed by atoms with Gasteiger partial charge in [0.05, 0.1) is 6.54 Å². The number of rotatable bonds is 8. The number of guanidine groups is 1. The van der Waals surface area contributed by atoms with Crippen molar-refractivity contribution in [3.63, 3.8) is 0 Å². The van der Waals surface area contributed by atoms with Crippen molar-refractivity contribution in [2.45, 2.75) is 46.6 Å². The van der Waals surface area contributed by atoms with E-state index in [4.69, 9.17) is 9.73 Å². The summed E-state index contributed by atoms with van der Waals surface area (Å²) < 4.78 is 5.77. The standard InChI is InChI=1S/C21H36N4O/c1-5-22-21(23-12-14-26-20-10-8-18(4)9-11-20)24-15-19-7-6-13-25(16-19)17(2)3/h8-11,17,19H,5-7,12-16H2,1-4H3,(H2,22,23,24). The lowest BCUT2D eigenvalue weighted by Gasteiger charge is -2.34. The molecule has 0 aliphatic carbocycles. The van der Waals surface area contributed by atoms with Crippen LogP contribution in [-0.2, 0) is 0 Å². The average molecular weight is 361 g/mol. The highest BCUT2D eigenvalue weighted by Crippen LogP contribution is 2.18. The lowest BCUT2D eigenvalue weighted by atomic mass is 9.97. The maximum Gasteiger partial charge on any atom is 0.191 e. The smallest absolute Gasteiger partial charge is 0.191 e. The van der Waals surface area contributed by atoms with Gasteiger partial charge >= 0.3 is 0 Å². The van der Waals surface area contributed by atoms with Crippen molar-refractivity contribution in [2.24, 2.45) is 10.9 Å². The van der Waals surface area contributed by atoms with Gasteiger partial charge in [0, 0.05) is 25.7 Å². The van der Waals surface area contributed by atoms with Crippen LogP contribution in [0.1, 0.15) is 39.2 Å². The van der Waals surface area contributed by atoms with E-state index < -0.39 is 0 Å². The van der Waals surface area contributed by atoms with Gasteiger partial charge in [-0.1, -0.05) is 17.7 Å². The molecule has 5 nitrogen and oxygen atoms in total. The van der Waals surface area contributed by atoms with E-state index in [1.54, 1.807) is 0 Å². The van der Waals surface area contributed by atoms with Gasteiger partial charge in [0.25, 0.3) is 0 Å². The molecule has 0 saturated carbocycles. The van der Waals surface area contributed by atoms with E-state index in [-0.39, 0.29) is 0 Å². The zero-order valence-electron chi connectivity index (χ0n) is 16.9. The molecule has 1 fully saturated rings. The van der Waals surface area contributed by atoms with Crippen molar-refractivity contribution < 1.29 is 4.74 Å². The highest BCUT2D eigenvalue weighted by Gasteiger charge is 2.21. The molecule has 1 atom stereocenters. The van der Waals surface area contributed by atoms with Gasteiger partial charge in [-0.2, -0.15) is 0 Å². The first-order valence-electron chi connectivity index (χ1n) is 10.0. The number of piperidine rings is 1. The minimum atomic E-state index is 0.623. The SMILES string of the molecule is CCNC(=NCC1CCCN(C(C)C)C1)NCCOc1ccc(C)cc1. The van der Waals surface area contributed by atoms with Crippen molar-refractivity contribution >= 4 is 5.96 Å². The van der Waals surface area contributed by atoms with E-state index in [1.165, 1.54) is 24.9 Å². The van der Waals surface area contributed by atoms with E-state index in [1.807, 2.05) is 12.1 Å².